The van der Waals surface area contributed by atoms with Crippen LogP contribution in [0.15, 0.2) is 39.8 Å². The summed E-state index contributed by atoms with van der Waals surface area (Å²) in [6.07, 6.45) is -4.74. The van der Waals surface area contributed by atoms with Crippen molar-refractivity contribution in [3.8, 4) is 11.3 Å². The molecule has 2 aromatic heterocycles. The number of rotatable bonds is 5. The lowest BCUT2D eigenvalue weighted by molar-refractivity contribution is -0.155. The van der Waals surface area contributed by atoms with E-state index in [0.717, 1.165) is 11.3 Å². The van der Waals surface area contributed by atoms with E-state index in [2.05, 4.69) is 14.4 Å². The molecule has 154 valence electrons. The highest BCUT2D eigenvalue weighted by molar-refractivity contribution is 7.93. The Morgan fingerprint density at radius 3 is 2.45 bits per heavy atom. The van der Waals surface area contributed by atoms with Gasteiger partial charge >= 0.3 is 6.18 Å². The minimum atomic E-state index is -4.74. The molecule has 3 rings (SSSR count). The van der Waals surface area contributed by atoms with Gasteiger partial charge in [0.2, 0.25) is 5.76 Å². The van der Waals surface area contributed by atoms with Crippen LogP contribution in [0.2, 0.25) is 0 Å². The van der Waals surface area contributed by atoms with Gasteiger partial charge in [-0.3, -0.25) is 9.52 Å². The fourth-order valence-corrected chi connectivity index (χ4v) is 5.74. The van der Waals surface area contributed by atoms with Gasteiger partial charge in [-0.25, -0.2) is 8.42 Å². The molecule has 0 spiro atoms. The number of carbonyl (C=O) groups excluding carboxylic acids is 1. The van der Waals surface area contributed by atoms with E-state index in [1.54, 1.807) is 19.9 Å². The summed E-state index contributed by atoms with van der Waals surface area (Å²) in [7, 11) is -4.18. The van der Waals surface area contributed by atoms with Gasteiger partial charge in [0.15, 0.2) is 5.78 Å². The Hall–Kier alpha value is -2.66. The Labute approximate surface area is 168 Å². The highest BCUT2D eigenvalue weighted by atomic mass is 32.2. The smallest absolute Gasteiger partial charge is 0.351 e. The molecule has 1 aromatic carbocycles. The molecule has 29 heavy (non-hydrogen) atoms. The lowest BCUT2D eigenvalue weighted by Crippen LogP contribution is -2.14. The van der Waals surface area contributed by atoms with Crippen molar-refractivity contribution in [1.82, 2.24) is 5.16 Å². The third kappa shape index (κ3) is 4.20. The molecular weight excluding hydrogens is 429 g/mol. The Balaban J connectivity index is 2.08. The maximum atomic E-state index is 13.0. The molecule has 0 aliphatic carbocycles. The summed E-state index contributed by atoms with van der Waals surface area (Å²) in [5, 5.41) is 3.42. The van der Waals surface area contributed by atoms with Crippen LogP contribution < -0.4 is 4.72 Å². The largest absolute Gasteiger partial charge is 0.452 e. The van der Waals surface area contributed by atoms with E-state index in [-0.39, 0.29) is 27.6 Å². The van der Waals surface area contributed by atoms with Crippen LogP contribution in [-0.2, 0) is 16.2 Å². The Morgan fingerprint density at radius 2 is 1.86 bits per heavy atom. The Morgan fingerprint density at radius 1 is 1.17 bits per heavy atom. The second-order valence-corrected chi connectivity index (χ2v) is 9.28. The predicted molar refractivity (Wildman–Crippen MR) is 102 cm³/mol. The topological polar surface area (TPSA) is 89.3 Å². The van der Waals surface area contributed by atoms with Crippen LogP contribution in [0.1, 0.15) is 32.8 Å². The number of halogens is 3. The number of nitrogens with zero attached hydrogens (tertiary/aromatic N) is 1. The second-order valence-electron chi connectivity index (χ2n) is 6.24. The standard InChI is InChI=1S/C18H15F3N2O4S2/c1-9(24)12-5-4-6-13(7-12)23-29(25,26)17-11(3)28-10(2)16(17)14-8-15(27-22-14)18(19,20)21/h4-8,23H,1-3H3. The molecule has 2 heterocycles. The highest BCUT2D eigenvalue weighted by Crippen LogP contribution is 2.41. The van der Waals surface area contributed by atoms with Gasteiger partial charge in [-0.1, -0.05) is 17.3 Å². The van der Waals surface area contributed by atoms with E-state index in [0.29, 0.717) is 21.4 Å². The van der Waals surface area contributed by atoms with Gasteiger partial charge < -0.3 is 4.52 Å². The van der Waals surface area contributed by atoms with Crippen molar-refractivity contribution in [2.24, 2.45) is 0 Å². The van der Waals surface area contributed by atoms with Crippen molar-refractivity contribution in [1.29, 1.82) is 0 Å². The van der Waals surface area contributed by atoms with E-state index >= 15 is 0 Å². The summed E-state index contributed by atoms with van der Waals surface area (Å²) in [6.45, 7) is 4.48. The third-order valence-electron chi connectivity index (χ3n) is 4.04. The SMILES string of the molecule is CC(=O)c1cccc(NS(=O)(=O)c2c(C)sc(C)c2-c2cc(C(F)(F)F)on2)c1. The van der Waals surface area contributed by atoms with Gasteiger partial charge in [-0.15, -0.1) is 11.3 Å². The quantitative estimate of drug-likeness (QED) is 0.557. The molecule has 0 amide bonds. The van der Waals surface area contributed by atoms with Crippen LogP contribution in [0.3, 0.4) is 0 Å². The van der Waals surface area contributed by atoms with E-state index in [9.17, 15) is 26.4 Å². The normalized spacial score (nSPS) is 12.2. The Bertz CT molecular complexity index is 1190. The van der Waals surface area contributed by atoms with Gasteiger partial charge in [0.05, 0.1) is 0 Å². The molecule has 0 fully saturated rings. The maximum absolute atomic E-state index is 13.0. The van der Waals surface area contributed by atoms with Gasteiger partial charge in [-0.05, 0) is 32.9 Å². The number of alkyl halides is 3. The molecule has 6 nitrogen and oxygen atoms in total. The van der Waals surface area contributed by atoms with Crippen LogP contribution in [0.4, 0.5) is 18.9 Å². The van der Waals surface area contributed by atoms with Gasteiger partial charge in [-0.2, -0.15) is 13.2 Å². The number of anilines is 1. The van der Waals surface area contributed by atoms with Crippen molar-refractivity contribution < 1.29 is 30.9 Å². The number of Topliss-reactive ketones (excluding diaryl/α,β-unsaturated/α-hetero) is 1. The lowest BCUT2D eigenvalue weighted by Gasteiger charge is -2.10. The van der Waals surface area contributed by atoms with Crippen LogP contribution >= 0.6 is 11.3 Å². The number of benzene rings is 1. The molecule has 0 radical (unpaired) electrons. The molecule has 0 saturated carbocycles. The first kappa shape index (κ1) is 21.1. The monoisotopic (exact) mass is 444 g/mol. The van der Waals surface area contributed by atoms with Crippen molar-refractivity contribution in [2.75, 3.05) is 4.72 Å². The number of nitrogens with one attached hydrogen (secondary N) is 1. The average molecular weight is 444 g/mol. The number of thiophene rings is 1. The molecule has 0 atom stereocenters. The summed E-state index contributed by atoms with van der Waals surface area (Å²) >= 11 is 1.12. The molecule has 3 aromatic rings. The van der Waals surface area contributed by atoms with Gasteiger partial charge in [0.25, 0.3) is 10.0 Å². The van der Waals surface area contributed by atoms with Crippen molar-refractivity contribution in [2.45, 2.75) is 31.8 Å². The summed E-state index contributed by atoms with van der Waals surface area (Å²) in [5.41, 5.74) is 0.289. The zero-order valence-corrected chi connectivity index (χ0v) is 17.1. The molecule has 0 aliphatic rings. The molecular formula is C18H15F3N2O4S2. The van der Waals surface area contributed by atoms with E-state index in [1.165, 1.54) is 25.1 Å². The number of aromatic nitrogens is 1. The summed E-state index contributed by atoms with van der Waals surface area (Å²) in [5.74, 6) is -1.56. The molecule has 0 saturated heterocycles. The number of aryl methyl sites for hydroxylation is 2. The number of hydrogen-bond acceptors (Lipinski definition) is 6. The first-order valence-electron chi connectivity index (χ1n) is 8.18. The zero-order chi connectivity index (χ0) is 21.6. The first-order valence-corrected chi connectivity index (χ1v) is 10.5. The van der Waals surface area contributed by atoms with Crippen LogP contribution in [0.5, 0.6) is 0 Å². The van der Waals surface area contributed by atoms with Crippen LogP contribution in [-0.4, -0.2) is 19.4 Å². The average Bonchev–Trinajstić information content (AvgIpc) is 3.18. The van der Waals surface area contributed by atoms with Gasteiger partial charge in [0.1, 0.15) is 10.6 Å². The minimum Gasteiger partial charge on any atom is -0.351 e. The molecule has 11 heteroatoms. The maximum Gasteiger partial charge on any atom is 0.452 e. The fraction of sp³-hybridized carbons (Fsp3) is 0.222. The van der Waals surface area contributed by atoms with Crippen molar-refractivity contribution in [3.63, 3.8) is 0 Å². The number of sulfonamides is 1. The summed E-state index contributed by atoms with van der Waals surface area (Å²) < 4.78 is 71.4. The molecule has 1 N–H and O–H groups in total. The van der Waals surface area contributed by atoms with Gasteiger partial charge in [0, 0.05) is 32.6 Å². The lowest BCUT2D eigenvalue weighted by atomic mass is 10.1. The third-order valence-corrected chi connectivity index (χ3v) is 6.74. The summed E-state index contributed by atoms with van der Waals surface area (Å²) in [6, 6.07) is 6.58. The first-order chi connectivity index (χ1) is 13.4. The van der Waals surface area contributed by atoms with Crippen LogP contribution in [0, 0.1) is 13.8 Å². The number of carbonyl (C=O) groups is 1. The summed E-state index contributed by atoms with van der Waals surface area (Å²) in [4.78, 5) is 12.2. The van der Waals surface area contributed by atoms with E-state index in [4.69, 9.17) is 0 Å². The molecule has 0 aliphatic heterocycles. The van der Waals surface area contributed by atoms with Crippen LogP contribution in [0.25, 0.3) is 11.3 Å². The minimum absolute atomic E-state index is 0.0435. The number of hydrogen-bond donors (Lipinski definition) is 1. The van der Waals surface area contributed by atoms with E-state index in [1.807, 2.05) is 0 Å². The van der Waals surface area contributed by atoms with E-state index < -0.39 is 22.0 Å². The zero-order valence-electron chi connectivity index (χ0n) is 15.4. The van der Waals surface area contributed by atoms with Crippen molar-refractivity contribution >= 4 is 32.8 Å². The number of ketones is 1. The molecule has 0 unspecified atom stereocenters. The second kappa shape index (κ2) is 7.30. The highest BCUT2D eigenvalue weighted by Gasteiger charge is 2.37. The fourth-order valence-electron chi connectivity index (χ4n) is 2.82. The van der Waals surface area contributed by atoms with Crippen molar-refractivity contribution in [3.05, 3.63) is 51.4 Å². The predicted octanol–water partition coefficient (Wildman–Crippen LogP) is 5.04. The molecule has 0 bridgehead atoms. The Kier molecular flexibility index (Phi) is 5.30.